The van der Waals surface area contributed by atoms with E-state index in [-0.39, 0.29) is 30.1 Å². The van der Waals surface area contributed by atoms with Gasteiger partial charge in [-0.1, -0.05) is 41.9 Å². The summed E-state index contributed by atoms with van der Waals surface area (Å²) in [6.45, 7) is 1.80. The summed E-state index contributed by atoms with van der Waals surface area (Å²) in [4.78, 5) is 24.7. The largest absolute Gasteiger partial charge is 0.462 e. The Morgan fingerprint density at radius 1 is 1.26 bits per heavy atom. The fraction of sp³-hybridized carbons (Fsp3) is 0.238. The third kappa shape index (κ3) is 4.55. The minimum Gasteiger partial charge on any atom is -0.462 e. The number of rotatable bonds is 5. The first kappa shape index (κ1) is 19.1. The first-order valence-electron chi connectivity index (χ1n) is 8.62. The molecule has 1 amide bonds. The number of amides is 1. The molecule has 1 N–H and O–H groups in total. The highest BCUT2D eigenvalue weighted by Crippen LogP contribution is 2.36. The van der Waals surface area contributed by atoms with E-state index < -0.39 is 17.7 Å². The molecule has 140 valence electrons. The van der Waals surface area contributed by atoms with E-state index in [1.165, 1.54) is 18.2 Å². The van der Waals surface area contributed by atoms with Crippen LogP contribution in [0.4, 0.5) is 4.39 Å². The zero-order chi connectivity index (χ0) is 19.4. The molecule has 0 radical (unpaired) electrons. The van der Waals surface area contributed by atoms with E-state index in [0.29, 0.717) is 17.1 Å². The second-order valence-electron chi connectivity index (χ2n) is 6.38. The number of hydrogen-bond acceptors (Lipinski definition) is 3. The Labute approximate surface area is 162 Å². The van der Waals surface area contributed by atoms with Gasteiger partial charge in [-0.3, -0.25) is 4.79 Å². The van der Waals surface area contributed by atoms with Crippen LogP contribution in [0.25, 0.3) is 0 Å². The first-order valence-corrected chi connectivity index (χ1v) is 9.00. The number of esters is 1. The van der Waals surface area contributed by atoms with Crippen LogP contribution >= 0.6 is 11.6 Å². The zero-order valence-electron chi connectivity index (χ0n) is 14.8. The summed E-state index contributed by atoms with van der Waals surface area (Å²) >= 11 is 5.99. The Kier molecular flexibility index (Phi) is 5.91. The molecule has 0 saturated heterocycles. The Hall–Kier alpha value is -2.66. The van der Waals surface area contributed by atoms with E-state index in [1.807, 2.05) is 30.3 Å². The lowest BCUT2D eigenvalue weighted by Gasteiger charge is -2.27. The molecule has 1 aliphatic rings. The van der Waals surface area contributed by atoms with Crippen LogP contribution in [0.1, 0.15) is 30.4 Å². The molecule has 2 aromatic carbocycles. The van der Waals surface area contributed by atoms with Gasteiger partial charge in [0.15, 0.2) is 0 Å². The van der Waals surface area contributed by atoms with Crippen LogP contribution in [0.5, 0.6) is 0 Å². The topological polar surface area (TPSA) is 55.4 Å². The molecule has 0 aromatic heterocycles. The van der Waals surface area contributed by atoms with Gasteiger partial charge in [-0.2, -0.15) is 0 Å². The zero-order valence-corrected chi connectivity index (χ0v) is 15.6. The number of carbonyl (C=O) groups excluding carboxylic acids is 2. The van der Waals surface area contributed by atoms with E-state index in [4.69, 9.17) is 16.3 Å². The van der Waals surface area contributed by atoms with Gasteiger partial charge in [0.2, 0.25) is 5.91 Å². The van der Waals surface area contributed by atoms with Crippen LogP contribution in [0.2, 0.25) is 5.02 Å². The van der Waals surface area contributed by atoms with Gasteiger partial charge < -0.3 is 10.1 Å². The molecule has 0 saturated carbocycles. The average Bonchev–Trinajstić information content (AvgIpc) is 2.64. The number of nitrogens with one attached hydrogen (secondary N) is 1. The van der Waals surface area contributed by atoms with Gasteiger partial charge in [-0.05, 0) is 36.2 Å². The van der Waals surface area contributed by atoms with Crippen molar-refractivity contribution in [2.45, 2.75) is 25.7 Å². The number of allylic oxidation sites excluding steroid dienone is 1. The molecular weight excluding hydrogens is 369 g/mol. The van der Waals surface area contributed by atoms with Gasteiger partial charge in [0.1, 0.15) is 5.82 Å². The first-order chi connectivity index (χ1) is 13.0. The standard InChI is InChI=1S/C21H19ClFNO3/c1-13-20(21(26)27-10-9-14-5-3-2-4-6-14)17(12-19(25)24-13)16-11-15(22)7-8-18(16)23/h2-8,11,17H,9-10,12H2,1H3,(H,24,25). The van der Waals surface area contributed by atoms with Gasteiger partial charge in [0.25, 0.3) is 0 Å². The predicted molar refractivity (Wildman–Crippen MR) is 101 cm³/mol. The lowest BCUT2D eigenvalue weighted by Crippen LogP contribution is -2.34. The molecule has 1 heterocycles. The third-order valence-electron chi connectivity index (χ3n) is 4.49. The van der Waals surface area contributed by atoms with Crippen LogP contribution in [0, 0.1) is 5.82 Å². The minimum absolute atomic E-state index is 0.0439. The Balaban J connectivity index is 1.81. The van der Waals surface area contributed by atoms with Gasteiger partial charge in [0, 0.05) is 29.5 Å². The maximum atomic E-state index is 14.4. The average molecular weight is 388 g/mol. The van der Waals surface area contributed by atoms with Crippen molar-refractivity contribution in [3.8, 4) is 0 Å². The summed E-state index contributed by atoms with van der Waals surface area (Å²) in [5.74, 6) is -2.09. The molecular formula is C21H19ClFNO3. The highest BCUT2D eigenvalue weighted by molar-refractivity contribution is 6.30. The Morgan fingerprint density at radius 3 is 2.74 bits per heavy atom. The Morgan fingerprint density at radius 2 is 2.00 bits per heavy atom. The van der Waals surface area contributed by atoms with Crippen molar-refractivity contribution in [2.75, 3.05) is 6.61 Å². The molecule has 6 heteroatoms. The van der Waals surface area contributed by atoms with Gasteiger partial charge in [0.05, 0.1) is 12.2 Å². The highest BCUT2D eigenvalue weighted by Gasteiger charge is 2.34. The molecule has 0 spiro atoms. The second-order valence-corrected chi connectivity index (χ2v) is 6.82. The molecule has 0 aliphatic carbocycles. The van der Waals surface area contributed by atoms with Crippen LogP contribution in [-0.4, -0.2) is 18.5 Å². The number of hydrogen-bond donors (Lipinski definition) is 1. The van der Waals surface area contributed by atoms with Crippen LogP contribution < -0.4 is 5.32 Å². The van der Waals surface area contributed by atoms with Crippen molar-refractivity contribution in [3.05, 3.63) is 81.8 Å². The van der Waals surface area contributed by atoms with Crippen LogP contribution in [0.15, 0.2) is 59.8 Å². The molecule has 27 heavy (non-hydrogen) atoms. The number of ether oxygens (including phenoxy) is 1. The smallest absolute Gasteiger partial charge is 0.336 e. The van der Waals surface area contributed by atoms with Crippen LogP contribution in [0.3, 0.4) is 0 Å². The van der Waals surface area contributed by atoms with Gasteiger partial charge >= 0.3 is 5.97 Å². The van der Waals surface area contributed by atoms with Gasteiger partial charge in [-0.25, -0.2) is 9.18 Å². The van der Waals surface area contributed by atoms with Gasteiger partial charge in [-0.15, -0.1) is 0 Å². The number of carbonyl (C=O) groups is 2. The predicted octanol–water partition coefficient (Wildman–Crippen LogP) is 4.14. The summed E-state index contributed by atoms with van der Waals surface area (Å²) in [7, 11) is 0. The third-order valence-corrected chi connectivity index (χ3v) is 4.72. The van der Waals surface area contributed by atoms with E-state index in [1.54, 1.807) is 6.92 Å². The normalized spacial score (nSPS) is 16.9. The molecule has 1 aliphatic heterocycles. The lowest BCUT2D eigenvalue weighted by atomic mass is 9.84. The highest BCUT2D eigenvalue weighted by atomic mass is 35.5. The SMILES string of the molecule is CC1=C(C(=O)OCCc2ccccc2)C(c2cc(Cl)ccc2F)CC(=O)N1. The second kappa shape index (κ2) is 8.35. The number of halogens is 2. The lowest BCUT2D eigenvalue weighted by molar-refractivity contribution is -0.139. The molecule has 0 bridgehead atoms. The van der Waals surface area contributed by atoms with E-state index >= 15 is 0 Å². The Bertz CT molecular complexity index is 896. The number of benzene rings is 2. The maximum Gasteiger partial charge on any atom is 0.336 e. The molecule has 4 nitrogen and oxygen atoms in total. The van der Waals surface area contributed by atoms with Crippen molar-refractivity contribution in [1.82, 2.24) is 5.32 Å². The fourth-order valence-corrected chi connectivity index (χ4v) is 3.38. The van der Waals surface area contributed by atoms with Crippen molar-refractivity contribution >= 4 is 23.5 Å². The van der Waals surface area contributed by atoms with E-state index in [9.17, 15) is 14.0 Å². The molecule has 3 rings (SSSR count). The maximum absolute atomic E-state index is 14.4. The van der Waals surface area contributed by atoms with E-state index in [0.717, 1.165) is 5.56 Å². The van der Waals surface area contributed by atoms with Crippen molar-refractivity contribution in [3.63, 3.8) is 0 Å². The van der Waals surface area contributed by atoms with Crippen LogP contribution in [-0.2, 0) is 20.7 Å². The van der Waals surface area contributed by atoms with Crippen molar-refractivity contribution in [2.24, 2.45) is 0 Å². The monoisotopic (exact) mass is 387 g/mol. The summed E-state index contributed by atoms with van der Waals surface area (Å²) in [6.07, 6.45) is 0.527. The summed E-state index contributed by atoms with van der Waals surface area (Å²) < 4.78 is 19.8. The summed E-state index contributed by atoms with van der Waals surface area (Å²) in [5, 5.41) is 2.98. The fourth-order valence-electron chi connectivity index (χ4n) is 3.20. The molecule has 2 aromatic rings. The van der Waals surface area contributed by atoms with E-state index in [2.05, 4.69) is 5.32 Å². The van der Waals surface area contributed by atoms with Crippen molar-refractivity contribution in [1.29, 1.82) is 0 Å². The summed E-state index contributed by atoms with van der Waals surface area (Å²) in [6, 6.07) is 13.8. The minimum atomic E-state index is -0.735. The molecule has 1 unspecified atom stereocenters. The molecule has 0 fully saturated rings. The quantitative estimate of drug-likeness (QED) is 0.784. The summed E-state index contributed by atoms with van der Waals surface area (Å²) in [5.41, 5.74) is 1.89. The van der Waals surface area contributed by atoms with Crippen molar-refractivity contribution < 1.29 is 18.7 Å². The molecule has 1 atom stereocenters.